The van der Waals surface area contributed by atoms with Gasteiger partial charge in [0, 0.05) is 12.0 Å². The first-order chi connectivity index (χ1) is 7.75. The van der Waals surface area contributed by atoms with Crippen molar-refractivity contribution in [1.82, 2.24) is 0 Å². The molecule has 0 saturated heterocycles. The van der Waals surface area contributed by atoms with Gasteiger partial charge in [-0.3, -0.25) is 4.79 Å². The Morgan fingerprint density at radius 2 is 2.00 bits per heavy atom. The molecule has 84 valence electrons. The molecule has 1 saturated carbocycles. The first-order valence-electron chi connectivity index (χ1n) is 6.12. The molecular formula is C14H16O2. The quantitative estimate of drug-likeness (QED) is 0.722. The van der Waals surface area contributed by atoms with Gasteiger partial charge in [-0.2, -0.15) is 0 Å². The molecule has 0 amide bonds. The van der Waals surface area contributed by atoms with Crippen LogP contribution >= 0.6 is 0 Å². The molecule has 3 rings (SSSR count). The number of carbonyl (C=O) groups is 1. The summed E-state index contributed by atoms with van der Waals surface area (Å²) in [5.74, 6) is 1.54. The van der Waals surface area contributed by atoms with E-state index in [1.165, 1.54) is 31.2 Å². The number of Topliss-reactive ketones (excluding diaryl/α,β-unsaturated/α-hetero) is 1. The summed E-state index contributed by atoms with van der Waals surface area (Å²) >= 11 is 0. The minimum Gasteiger partial charge on any atom is -0.508 e. The van der Waals surface area contributed by atoms with Crippen LogP contribution in [0.2, 0.25) is 0 Å². The lowest BCUT2D eigenvalue weighted by atomic mass is 9.68. The summed E-state index contributed by atoms with van der Waals surface area (Å²) in [5, 5.41) is 9.45. The molecule has 1 N–H and O–H groups in total. The molecule has 0 radical (unpaired) electrons. The van der Waals surface area contributed by atoms with E-state index in [1.54, 1.807) is 12.1 Å². The van der Waals surface area contributed by atoms with Crippen LogP contribution in [0.4, 0.5) is 0 Å². The van der Waals surface area contributed by atoms with Crippen molar-refractivity contribution >= 4 is 5.78 Å². The van der Waals surface area contributed by atoms with Gasteiger partial charge in [0.05, 0.1) is 0 Å². The number of carbonyl (C=O) groups excluding carboxylic acids is 1. The maximum absolute atomic E-state index is 12.0. The number of fused-ring (bicyclic) bond motifs is 3. The number of hydrogen-bond acceptors (Lipinski definition) is 2. The summed E-state index contributed by atoms with van der Waals surface area (Å²) in [7, 11) is 0. The fourth-order valence-corrected chi connectivity index (χ4v) is 3.32. The maximum Gasteiger partial charge on any atom is 0.163 e. The Labute approximate surface area is 95.3 Å². The molecule has 0 spiro atoms. The van der Waals surface area contributed by atoms with E-state index in [1.807, 2.05) is 6.07 Å². The second-order valence-corrected chi connectivity index (χ2v) is 5.05. The number of rotatable bonds is 0. The number of phenolic OH excluding ortho intramolecular Hbond substituents is 1. The summed E-state index contributed by atoms with van der Waals surface area (Å²) in [6.45, 7) is 0. The van der Waals surface area contributed by atoms with Crippen LogP contribution in [0.1, 0.15) is 53.9 Å². The Balaban J connectivity index is 2.08. The van der Waals surface area contributed by atoms with Crippen molar-refractivity contribution in [3.05, 3.63) is 29.3 Å². The van der Waals surface area contributed by atoms with Gasteiger partial charge >= 0.3 is 0 Å². The van der Waals surface area contributed by atoms with Gasteiger partial charge in [-0.15, -0.1) is 0 Å². The van der Waals surface area contributed by atoms with E-state index >= 15 is 0 Å². The van der Waals surface area contributed by atoms with Gasteiger partial charge in [-0.1, -0.05) is 18.9 Å². The largest absolute Gasteiger partial charge is 0.508 e. The molecule has 0 unspecified atom stereocenters. The zero-order valence-corrected chi connectivity index (χ0v) is 9.28. The molecule has 1 fully saturated rings. The van der Waals surface area contributed by atoms with Crippen molar-refractivity contribution in [2.45, 2.75) is 38.0 Å². The summed E-state index contributed by atoms with van der Waals surface area (Å²) < 4.78 is 0. The molecule has 0 heterocycles. The average Bonchev–Trinajstić information content (AvgIpc) is 2.29. The van der Waals surface area contributed by atoms with Crippen LogP contribution in [-0.2, 0) is 0 Å². The van der Waals surface area contributed by atoms with Gasteiger partial charge in [0.2, 0.25) is 0 Å². The molecule has 2 aliphatic rings. The monoisotopic (exact) mass is 216 g/mol. The summed E-state index contributed by atoms with van der Waals surface area (Å²) in [5.41, 5.74) is 1.95. The third-order valence-corrected chi connectivity index (χ3v) is 4.09. The molecule has 1 aromatic rings. The van der Waals surface area contributed by atoms with Gasteiger partial charge in [-0.25, -0.2) is 0 Å². The summed E-state index contributed by atoms with van der Waals surface area (Å²) in [6.07, 6.45) is 5.62. The van der Waals surface area contributed by atoms with Crippen LogP contribution in [0.3, 0.4) is 0 Å². The molecule has 2 atom stereocenters. The van der Waals surface area contributed by atoms with Crippen molar-refractivity contribution in [1.29, 1.82) is 0 Å². The van der Waals surface area contributed by atoms with Crippen LogP contribution in [0.25, 0.3) is 0 Å². The minimum atomic E-state index is 0.210. The molecule has 2 heteroatoms. The SMILES string of the molecule is O=C1C[C@H]2CCCC[C@@H]2c2ccc(O)cc21. The van der Waals surface area contributed by atoms with Crippen LogP contribution in [0, 0.1) is 5.92 Å². The van der Waals surface area contributed by atoms with Gasteiger partial charge in [-0.05, 0) is 42.4 Å². The first kappa shape index (κ1) is 9.88. The average molecular weight is 216 g/mol. The molecule has 0 aliphatic heterocycles. The zero-order chi connectivity index (χ0) is 11.1. The van der Waals surface area contributed by atoms with Crippen molar-refractivity contribution in [2.24, 2.45) is 5.92 Å². The number of aromatic hydroxyl groups is 1. The van der Waals surface area contributed by atoms with Gasteiger partial charge < -0.3 is 5.11 Å². The highest BCUT2D eigenvalue weighted by Crippen LogP contribution is 2.45. The highest BCUT2D eigenvalue weighted by molar-refractivity contribution is 5.99. The van der Waals surface area contributed by atoms with Gasteiger partial charge in [0.15, 0.2) is 5.78 Å². The van der Waals surface area contributed by atoms with E-state index in [4.69, 9.17) is 0 Å². The predicted octanol–water partition coefficient (Wildman–Crippen LogP) is 3.25. The number of hydrogen-bond donors (Lipinski definition) is 1. The van der Waals surface area contributed by atoms with E-state index in [0.717, 1.165) is 5.56 Å². The standard InChI is InChI=1S/C14H16O2/c15-10-5-6-12-11-4-2-1-3-9(11)7-14(16)13(12)8-10/h5-6,8-9,11,15H,1-4,7H2/t9-,11+/m1/s1. The lowest BCUT2D eigenvalue weighted by molar-refractivity contribution is 0.0919. The molecular weight excluding hydrogens is 200 g/mol. The highest BCUT2D eigenvalue weighted by atomic mass is 16.3. The Hall–Kier alpha value is -1.31. The predicted molar refractivity (Wildman–Crippen MR) is 61.8 cm³/mol. The Morgan fingerprint density at radius 1 is 1.19 bits per heavy atom. The van der Waals surface area contributed by atoms with E-state index in [0.29, 0.717) is 18.3 Å². The van der Waals surface area contributed by atoms with Crippen LogP contribution in [0.15, 0.2) is 18.2 Å². The van der Waals surface area contributed by atoms with Crippen molar-refractivity contribution in [2.75, 3.05) is 0 Å². The number of ketones is 1. The molecule has 1 aromatic carbocycles. The van der Waals surface area contributed by atoms with Gasteiger partial charge in [0.25, 0.3) is 0 Å². The third kappa shape index (κ3) is 1.44. The lowest BCUT2D eigenvalue weighted by Crippen LogP contribution is -2.27. The van der Waals surface area contributed by atoms with Gasteiger partial charge in [0.1, 0.15) is 5.75 Å². The van der Waals surface area contributed by atoms with E-state index in [9.17, 15) is 9.90 Å². The summed E-state index contributed by atoms with van der Waals surface area (Å²) in [6, 6.07) is 5.30. The maximum atomic E-state index is 12.0. The third-order valence-electron chi connectivity index (χ3n) is 4.09. The van der Waals surface area contributed by atoms with E-state index in [-0.39, 0.29) is 11.5 Å². The second-order valence-electron chi connectivity index (χ2n) is 5.05. The van der Waals surface area contributed by atoms with Crippen LogP contribution in [0.5, 0.6) is 5.75 Å². The topological polar surface area (TPSA) is 37.3 Å². The lowest BCUT2D eigenvalue weighted by Gasteiger charge is -2.36. The smallest absolute Gasteiger partial charge is 0.163 e. The van der Waals surface area contributed by atoms with Crippen LogP contribution in [-0.4, -0.2) is 10.9 Å². The van der Waals surface area contributed by atoms with E-state index < -0.39 is 0 Å². The molecule has 0 bridgehead atoms. The fraction of sp³-hybridized carbons (Fsp3) is 0.500. The first-order valence-corrected chi connectivity index (χ1v) is 6.12. The molecule has 2 nitrogen and oxygen atoms in total. The fourth-order valence-electron chi connectivity index (χ4n) is 3.32. The molecule has 0 aromatic heterocycles. The van der Waals surface area contributed by atoms with Crippen molar-refractivity contribution < 1.29 is 9.90 Å². The Bertz CT molecular complexity index is 436. The summed E-state index contributed by atoms with van der Waals surface area (Å²) in [4.78, 5) is 12.0. The Kier molecular flexibility index (Phi) is 2.23. The highest BCUT2D eigenvalue weighted by Gasteiger charge is 2.35. The minimum absolute atomic E-state index is 0.210. The normalized spacial score (nSPS) is 28.4. The van der Waals surface area contributed by atoms with E-state index in [2.05, 4.69) is 0 Å². The Morgan fingerprint density at radius 3 is 2.88 bits per heavy atom. The van der Waals surface area contributed by atoms with Crippen molar-refractivity contribution in [3.8, 4) is 5.75 Å². The molecule has 16 heavy (non-hydrogen) atoms. The number of benzene rings is 1. The molecule has 2 aliphatic carbocycles. The van der Waals surface area contributed by atoms with Crippen LogP contribution < -0.4 is 0 Å². The second kappa shape index (κ2) is 3.62. The zero-order valence-electron chi connectivity index (χ0n) is 9.28. The number of phenols is 1. The van der Waals surface area contributed by atoms with Crippen molar-refractivity contribution in [3.63, 3.8) is 0 Å².